The van der Waals surface area contributed by atoms with Crippen molar-refractivity contribution < 1.29 is 0 Å². The molecule has 0 saturated heterocycles. The van der Waals surface area contributed by atoms with Crippen molar-refractivity contribution in [2.24, 2.45) is 0 Å². The minimum absolute atomic E-state index is 0.153. The van der Waals surface area contributed by atoms with Crippen LogP contribution in [0.25, 0.3) is 33.4 Å². The van der Waals surface area contributed by atoms with Crippen LogP contribution in [0.1, 0.15) is 47.2 Å². The number of rotatable bonds is 6. The number of fused-ring (bicyclic) bond motifs is 13. The fourth-order valence-corrected chi connectivity index (χ4v) is 10.9. The van der Waals surface area contributed by atoms with Crippen LogP contribution in [0, 0.1) is 0 Å². The highest BCUT2D eigenvalue weighted by molar-refractivity contribution is 6.04. The van der Waals surface area contributed by atoms with Gasteiger partial charge in [0.2, 0.25) is 0 Å². The van der Waals surface area contributed by atoms with Crippen LogP contribution in [0.3, 0.4) is 0 Å². The van der Waals surface area contributed by atoms with E-state index in [1.807, 2.05) is 0 Å². The predicted molar refractivity (Wildman–Crippen MR) is 250 cm³/mol. The van der Waals surface area contributed by atoms with Gasteiger partial charge < -0.3 is 9.80 Å². The van der Waals surface area contributed by atoms with E-state index in [4.69, 9.17) is 0 Å². The van der Waals surface area contributed by atoms with E-state index in [2.05, 4.69) is 242 Å². The normalized spacial score (nSPS) is 15.7. The number of hydrogen-bond donors (Lipinski definition) is 0. The molecule has 1 unspecified atom stereocenters. The van der Waals surface area contributed by atoms with Gasteiger partial charge >= 0.3 is 0 Å². The predicted octanol–water partition coefficient (Wildman–Crippen LogP) is 15.3. The zero-order chi connectivity index (χ0) is 40.0. The zero-order valence-electron chi connectivity index (χ0n) is 33.7. The molecule has 3 aliphatic rings. The number of anilines is 6. The molecule has 1 spiro atoms. The van der Waals surface area contributed by atoms with Crippen molar-refractivity contribution in [1.29, 1.82) is 0 Å². The minimum atomic E-state index is -0.583. The van der Waals surface area contributed by atoms with E-state index in [0.29, 0.717) is 0 Å². The Bertz CT molecular complexity index is 3040. The Balaban J connectivity index is 1.25. The summed E-state index contributed by atoms with van der Waals surface area (Å²) < 4.78 is 0. The third kappa shape index (κ3) is 4.76. The molecule has 0 fully saturated rings. The lowest BCUT2D eigenvalue weighted by molar-refractivity contribution is 0.657. The van der Waals surface area contributed by atoms with Gasteiger partial charge in [-0.05, 0) is 128 Å². The maximum Gasteiger partial charge on any atom is 0.0727 e. The summed E-state index contributed by atoms with van der Waals surface area (Å²) in [4.78, 5) is 4.90. The minimum Gasteiger partial charge on any atom is -0.310 e. The van der Waals surface area contributed by atoms with Crippen LogP contribution in [0.4, 0.5) is 34.1 Å². The molecule has 2 nitrogen and oxygen atoms in total. The van der Waals surface area contributed by atoms with Gasteiger partial charge in [-0.25, -0.2) is 0 Å². The highest BCUT2D eigenvalue weighted by atomic mass is 15.2. The molecule has 60 heavy (non-hydrogen) atoms. The first-order chi connectivity index (χ1) is 29.5. The Morgan fingerprint density at radius 3 is 1.25 bits per heavy atom. The molecule has 0 saturated carbocycles. The number of benzene rings is 9. The van der Waals surface area contributed by atoms with Crippen LogP contribution in [-0.2, 0) is 10.8 Å². The van der Waals surface area contributed by atoms with E-state index in [1.165, 1.54) is 66.8 Å². The van der Waals surface area contributed by atoms with E-state index in [1.54, 1.807) is 0 Å². The van der Waals surface area contributed by atoms with Crippen molar-refractivity contribution in [1.82, 2.24) is 0 Å². The summed E-state index contributed by atoms with van der Waals surface area (Å²) in [6.45, 7) is 4.81. The molecule has 0 aromatic heterocycles. The Morgan fingerprint density at radius 2 is 0.700 bits per heavy atom. The topological polar surface area (TPSA) is 6.48 Å². The molecular formula is C58H42N2. The smallest absolute Gasteiger partial charge is 0.0727 e. The summed E-state index contributed by atoms with van der Waals surface area (Å²) >= 11 is 0. The highest BCUT2D eigenvalue weighted by Gasteiger charge is 2.54. The van der Waals surface area contributed by atoms with Gasteiger partial charge in [0.25, 0.3) is 0 Å². The van der Waals surface area contributed by atoms with E-state index < -0.39 is 5.41 Å². The second kappa shape index (κ2) is 13.0. The molecule has 2 heteroatoms. The van der Waals surface area contributed by atoms with E-state index in [-0.39, 0.29) is 5.41 Å². The average molecular weight is 767 g/mol. The van der Waals surface area contributed by atoms with Gasteiger partial charge in [0, 0.05) is 39.4 Å². The fraction of sp³-hybridized carbons (Fsp3) is 0.0690. The molecule has 0 radical (unpaired) electrons. The van der Waals surface area contributed by atoms with E-state index >= 15 is 0 Å². The summed E-state index contributed by atoms with van der Waals surface area (Å²) in [7, 11) is 0. The Morgan fingerprint density at radius 1 is 0.283 bits per heavy atom. The largest absolute Gasteiger partial charge is 0.310 e. The highest BCUT2D eigenvalue weighted by Crippen LogP contribution is 2.67. The summed E-state index contributed by atoms with van der Waals surface area (Å²) in [6.07, 6.45) is 0. The standard InChI is InChI=1S/C58H42N2/c1-57(2)49-32-18-15-29-44(49)47-37-48-45-30-16-19-33-50(45)58(53(48)38-52(47)57)51-34-20-17-31-46(51)56-54(58)35-43(59(39-21-7-3-8-22-39)40-23-9-4-10-24-40)36-55(56)60(41-25-11-5-12-26-41)42-27-13-6-14-28-42/h3-38H,1-2H3. The van der Waals surface area contributed by atoms with Gasteiger partial charge in [0.1, 0.15) is 0 Å². The molecule has 12 rings (SSSR count). The molecule has 9 aromatic carbocycles. The molecular weight excluding hydrogens is 725 g/mol. The van der Waals surface area contributed by atoms with E-state index in [9.17, 15) is 0 Å². The number of nitrogens with zero attached hydrogens (tertiary/aromatic N) is 2. The second-order valence-electron chi connectivity index (χ2n) is 16.9. The lowest BCUT2D eigenvalue weighted by Crippen LogP contribution is -2.27. The summed E-state index contributed by atoms with van der Waals surface area (Å²) in [6, 6.07) is 80.9. The first-order valence-electron chi connectivity index (χ1n) is 21.0. The van der Waals surface area contributed by atoms with Crippen molar-refractivity contribution >= 4 is 34.1 Å². The maximum absolute atomic E-state index is 2.60. The van der Waals surface area contributed by atoms with Crippen molar-refractivity contribution in [2.45, 2.75) is 24.7 Å². The van der Waals surface area contributed by atoms with Crippen LogP contribution in [0.2, 0.25) is 0 Å². The number of hydrogen-bond acceptors (Lipinski definition) is 2. The SMILES string of the molecule is CC1(C)c2ccccc2-c2cc3c(cc21)C1(c2ccccc2-3)c2ccccc2-c2c(N(c3ccccc3)c3ccccc3)cc(N(c3ccccc3)c3ccccc3)cc21. The van der Waals surface area contributed by atoms with Gasteiger partial charge in [-0.15, -0.1) is 0 Å². The Kier molecular flexibility index (Phi) is 7.52. The molecule has 0 heterocycles. The van der Waals surface area contributed by atoms with Crippen LogP contribution < -0.4 is 9.80 Å². The monoisotopic (exact) mass is 766 g/mol. The first kappa shape index (κ1) is 34.6. The van der Waals surface area contributed by atoms with Gasteiger partial charge in [0.15, 0.2) is 0 Å². The molecule has 9 aromatic rings. The van der Waals surface area contributed by atoms with Gasteiger partial charge in [0.05, 0.1) is 11.1 Å². The van der Waals surface area contributed by atoms with Crippen molar-refractivity contribution in [3.8, 4) is 33.4 Å². The second-order valence-corrected chi connectivity index (χ2v) is 16.9. The van der Waals surface area contributed by atoms with Gasteiger partial charge in [-0.1, -0.05) is 166 Å². The van der Waals surface area contributed by atoms with Crippen LogP contribution in [0.15, 0.2) is 218 Å². The van der Waals surface area contributed by atoms with Crippen LogP contribution in [-0.4, -0.2) is 0 Å². The Labute approximate surface area is 352 Å². The lowest BCUT2D eigenvalue weighted by Gasteiger charge is -2.35. The molecule has 284 valence electrons. The van der Waals surface area contributed by atoms with Crippen molar-refractivity contribution in [3.63, 3.8) is 0 Å². The fourth-order valence-electron chi connectivity index (χ4n) is 10.9. The molecule has 0 bridgehead atoms. The molecule has 0 aliphatic heterocycles. The third-order valence-corrected chi connectivity index (χ3v) is 13.4. The lowest BCUT2D eigenvalue weighted by atomic mass is 9.69. The molecule has 0 N–H and O–H groups in total. The van der Waals surface area contributed by atoms with Gasteiger partial charge in [-0.2, -0.15) is 0 Å². The molecule has 1 atom stereocenters. The first-order valence-corrected chi connectivity index (χ1v) is 21.0. The van der Waals surface area contributed by atoms with Crippen LogP contribution in [0.5, 0.6) is 0 Å². The Hall–Kier alpha value is -7.42. The van der Waals surface area contributed by atoms with Crippen molar-refractivity contribution in [2.75, 3.05) is 9.80 Å². The summed E-state index contributed by atoms with van der Waals surface area (Å²) in [5.41, 5.74) is 21.9. The molecule has 0 amide bonds. The average Bonchev–Trinajstić information content (AvgIpc) is 3.85. The summed E-state index contributed by atoms with van der Waals surface area (Å²) in [5, 5.41) is 0. The van der Waals surface area contributed by atoms with E-state index in [0.717, 1.165) is 34.1 Å². The maximum atomic E-state index is 2.60. The van der Waals surface area contributed by atoms with Crippen molar-refractivity contribution in [3.05, 3.63) is 252 Å². The number of para-hydroxylation sites is 4. The van der Waals surface area contributed by atoms with Gasteiger partial charge in [-0.3, -0.25) is 0 Å². The summed E-state index contributed by atoms with van der Waals surface area (Å²) in [5.74, 6) is 0. The van der Waals surface area contributed by atoms with Crippen LogP contribution >= 0.6 is 0 Å². The molecule has 3 aliphatic carbocycles. The zero-order valence-corrected chi connectivity index (χ0v) is 33.7. The third-order valence-electron chi connectivity index (χ3n) is 13.4. The quantitative estimate of drug-likeness (QED) is 0.166.